The Balaban J connectivity index is 1.91. The highest BCUT2D eigenvalue weighted by atomic mass is 35.5. The van der Waals surface area contributed by atoms with Gasteiger partial charge in [0.2, 0.25) is 0 Å². The molecule has 3 nitrogen and oxygen atoms in total. The molecule has 94 valence electrons. The van der Waals surface area contributed by atoms with Crippen molar-refractivity contribution in [2.75, 3.05) is 6.54 Å². The molecule has 0 aromatic carbocycles. The summed E-state index contributed by atoms with van der Waals surface area (Å²) in [5, 5.41) is 4.13. The predicted octanol–water partition coefficient (Wildman–Crippen LogP) is 2.90. The summed E-state index contributed by atoms with van der Waals surface area (Å²) in [6, 6.07) is 0. The standard InChI is InChI=1S/C12H17ClN2OS/c1-7-11(17-8(2)15-7)12(16)14-6-9-4-3-5-10(9)13/h9-10H,3-6H2,1-2H3,(H,14,16). The number of nitrogens with zero attached hydrogens (tertiary/aromatic N) is 1. The van der Waals surface area contributed by atoms with E-state index in [1.807, 2.05) is 13.8 Å². The fourth-order valence-corrected chi connectivity index (χ4v) is 3.47. The van der Waals surface area contributed by atoms with Crippen molar-refractivity contribution in [1.82, 2.24) is 10.3 Å². The van der Waals surface area contributed by atoms with Crippen LogP contribution in [0.3, 0.4) is 0 Å². The summed E-state index contributed by atoms with van der Waals surface area (Å²) < 4.78 is 0. The minimum atomic E-state index is -0.0103. The van der Waals surface area contributed by atoms with E-state index in [1.165, 1.54) is 17.8 Å². The third kappa shape index (κ3) is 2.99. The van der Waals surface area contributed by atoms with Crippen molar-refractivity contribution < 1.29 is 4.79 Å². The second-order valence-electron chi connectivity index (χ2n) is 4.56. The Labute approximate surface area is 111 Å². The summed E-state index contributed by atoms with van der Waals surface area (Å²) in [7, 11) is 0. The molecule has 1 heterocycles. The lowest BCUT2D eigenvalue weighted by Crippen LogP contribution is -2.30. The lowest BCUT2D eigenvalue weighted by atomic mass is 10.1. The molecular weight excluding hydrogens is 256 g/mol. The van der Waals surface area contributed by atoms with Crippen LogP contribution in [-0.2, 0) is 0 Å². The Hall–Kier alpha value is -0.610. The molecule has 0 saturated heterocycles. The molecule has 1 amide bonds. The minimum absolute atomic E-state index is 0.0103. The van der Waals surface area contributed by atoms with Crippen molar-refractivity contribution in [3.8, 4) is 0 Å². The van der Waals surface area contributed by atoms with E-state index in [2.05, 4.69) is 10.3 Å². The number of nitrogens with one attached hydrogen (secondary N) is 1. The van der Waals surface area contributed by atoms with Crippen LogP contribution in [0.25, 0.3) is 0 Å². The molecule has 2 atom stereocenters. The van der Waals surface area contributed by atoms with Gasteiger partial charge in [-0.25, -0.2) is 4.98 Å². The Morgan fingerprint density at radius 3 is 2.82 bits per heavy atom. The first kappa shape index (κ1) is 12.8. The Morgan fingerprint density at radius 2 is 2.29 bits per heavy atom. The average Bonchev–Trinajstić information content (AvgIpc) is 2.81. The largest absolute Gasteiger partial charge is 0.351 e. The monoisotopic (exact) mass is 272 g/mol. The highest BCUT2D eigenvalue weighted by Crippen LogP contribution is 2.29. The van der Waals surface area contributed by atoms with Crippen LogP contribution in [0, 0.1) is 19.8 Å². The van der Waals surface area contributed by atoms with Crippen molar-refractivity contribution in [3.63, 3.8) is 0 Å². The lowest BCUT2D eigenvalue weighted by molar-refractivity contribution is 0.0951. The zero-order valence-corrected chi connectivity index (χ0v) is 11.7. The van der Waals surface area contributed by atoms with Gasteiger partial charge in [0.1, 0.15) is 4.88 Å². The van der Waals surface area contributed by atoms with Gasteiger partial charge in [-0.15, -0.1) is 22.9 Å². The van der Waals surface area contributed by atoms with Crippen LogP contribution in [0.15, 0.2) is 0 Å². The molecule has 2 unspecified atom stereocenters. The summed E-state index contributed by atoms with van der Waals surface area (Å²) in [5.41, 5.74) is 0.818. The van der Waals surface area contributed by atoms with Crippen LogP contribution in [0.5, 0.6) is 0 Å². The first-order chi connectivity index (χ1) is 8.08. The van der Waals surface area contributed by atoms with Gasteiger partial charge in [-0.2, -0.15) is 0 Å². The van der Waals surface area contributed by atoms with E-state index in [4.69, 9.17) is 11.6 Å². The summed E-state index contributed by atoms with van der Waals surface area (Å²) in [5.74, 6) is 0.416. The Bertz CT molecular complexity index is 419. The number of carbonyl (C=O) groups excluding carboxylic acids is 1. The minimum Gasteiger partial charge on any atom is -0.351 e. The van der Waals surface area contributed by atoms with E-state index < -0.39 is 0 Å². The fourth-order valence-electron chi connectivity index (χ4n) is 2.27. The first-order valence-corrected chi connectivity index (χ1v) is 7.19. The molecular formula is C12H17ClN2OS. The molecule has 2 rings (SSSR count). The van der Waals surface area contributed by atoms with Crippen molar-refractivity contribution in [3.05, 3.63) is 15.6 Å². The maximum Gasteiger partial charge on any atom is 0.263 e. The van der Waals surface area contributed by atoms with Gasteiger partial charge in [0.05, 0.1) is 10.7 Å². The van der Waals surface area contributed by atoms with Gasteiger partial charge >= 0.3 is 0 Å². The average molecular weight is 273 g/mol. The number of aromatic nitrogens is 1. The van der Waals surface area contributed by atoms with Gasteiger partial charge in [-0.3, -0.25) is 4.79 Å². The first-order valence-electron chi connectivity index (χ1n) is 5.94. The van der Waals surface area contributed by atoms with Crippen LogP contribution >= 0.6 is 22.9 Å². The third-order valence-electron chi connectivity index (χ3n) is 3.20. The molecule has 1 aromatic heterocycles. The molecule has 1 aliphatic rings. The third-order valence-corrected chi connectivity index (χ3v) is 4.85. The second-order valence-corrected chi connectivity index (χ2v) is 6.33. The van der Waals surface area contributed by atoms with Crippen molar-refractivity contribution in [2.45, 2.75) is 38.5 Å². The number of hydrogen-bond acceptors (Lipinski definition) is 3. The SMILES string of the molecule is Cc1nc(C)c(C(=O)NCC2CCCC2Cl)s1. The van der Waals surface area contributed by atoms with Crippen LogP contribution in [0.2, 0.25) is 0 Å². The molecule has 0 aliphatic heterocycles. The summed E-state index contributed by atoms with van der Waals surface area (Å²) in [6.45, 7) is 4.47. The lowest BCUT2D eigenvalue weighted by Gasteiger charge is -2.13. The molecule has 5 heteroatoms. The number of amides is 1. The molecule has 1 N–H and O–H groups in total. The van der Waals surface area contributed by atoms with Crippen LogP contribution < -0.4 is 5.32 Å². The van der Waals surface area contributed by atoms with E-state index in [-0.39, 0.29) is 11.3 Å². The maximum atomic E-state index is 12.0. The molecule has 1 aliphatic carbocycles. The van der Waals surface area contributed by atoms with E-state index in [0.717, 1.165) is 28.4 Å². The van der Waals surface area contributed by atoms with E-state index in [0.29, 0.717) is 12.5 Å². The number of alkyl halides is 1. The van der Waals surface area contributed by atoms with Gasteiger partial charge in [0.25, 0.3) is 5.91 Å². The number of halogens is 1. The van der Waals surface area contributed by atoms with Gasteiger partial charge in [0, 0.05) is 11.9 Å². The van der Waals surface area contributed by atoms with Crippen molar-refractivity contribution in [1.29, 1.82) is 0 Å². The number of thiazole rings is 1. The molecule has 0 spiro atoms. The summed E-state index contributed by atoms with van der Waals surface area (Å²) in [6.07, 6.45) is 3.36. The van der Waals surface area contributed by atoms with Crippen molar-refractivity contribution in [2.24, 2.45) is 5.92 Å². The Morgan fingerprint density at radius 1 is 1.53 bits per heavy atom. The van der Waals surface area contributed by atoms with Gasteiger partial charge in [-0.1, -0.05) is 6.42 Å². The molecule has 0 radical (unpaired) electrons. The van der Waals surface area contributed by atoms with Gasteiger partial charge < -0.3 is 5.32 Å². The van der Waals surface area contributed by atoms with E-state index in [9.17, 15) is 4.79 Å². The maximum absolute atomic E-state index is 12.0. The van der Waals surface area contributed by atoms with Gasteiger partial charge in [0.15, 0.2) is 0 Å². The summed E-state index contributed by atoms with van der Waals surface area (Å²) >= 11 is 7.63. The summed E-state index contributed by atoms with van der Waals surface area (Å²) in [4.78, 5) is 16.9. The highest BCUT2D eigenvalue weighted by Gasteiger charge is 2.26. The number of aryl methyl sites for hydroxylation is 2. The van der Waals surface area contributed by atoms with Crippen molar-refractivity contribution >= 4 is 28.8 Å². The molecule has 1 aromatic rings. The topological polar surface area (TPSA) is 42.0 Å². The zero-order valence-electron chi connectivity index (χ0n) is 10.1. The molecule has 1 saturated carbocycles. The van der Waals surface area contributed by atoms with Crippen LogP contribution in [0.4, 0.5) is 0 Å². The van der Waals surface area contributed by atoms with E-state index in [1.54, 1.807) is 0 Å². The number of carbonyl (C=O) groups is 1. The fraction of sp³-hybridized carbons (Fsp3) is 0.667. The predicted molar refractivity (Wildman–Crippen MR) is 70.9 cm³/mol. The molecule has 0 bridgehead atoms. The molecule has 17 heavy (non-hydrogen) atoms. The van der Waals surface area contributed by atoms with Crippen LogP contribution in [-0.4, -0.2) is 22.8 Å². The van der Waals surface area contributed by atoms with Gasteiger partial charge in [-0.05, 0) is 32.6 Å². The van der Waals surface area contributed by atoms with Crippen LogP contribution in [0.1, 0.15) is 39.6 Å². The second kappa shape index (κ2) is 5.36. The number of hydrogen-bond donors (Lipinski definition) is 1. The smallest absolute Gasteiger partial charge is 0.263 e. The normalized spacial score (nSPS) is 23.9. The highest BCUT2D eigenvalue weighted by molar-refractivity contribution is 7.13. The number of rotatable bonds is 3. The zero-order chi connectivity index (χ0) is 12.4. The quantitative estimate of drug-likeness (QED) is 0.860. The van der Waals surface area contributed by atoms with E-state index >= 15 is 0 Å². The molecule has 1 fully saturated rings. The Kier molecular flexibility index (Phi) is 4.05.